The Bertz CT molecular complexity index is 1160. The van der Waals surface area contributed by atoms with Crippen molar-refractivity contribution in [1.82, 2.24) is 15.2 Å². The molecule has 0 bridgehead atoms. The zero-order chi connectivity index (χ0) is 19.6. The van der Waals surface area contributed by atoms with E-state index in [2.05, 4.69) is 58.1 Å². The van der Waals surface area contributed by atoms with Crippen molar-refractivity contribution in [3.63, 3.8) is 0 Å². The molecule has 1 saturated heterocycles. The highest BCUT2D eigenvalue weighted by molar-refractivity contribution is 5.98. The molecule has 2 heterocycles. The van der Waals surface area contributed by atoms with E-state index in [-0.39, 0.29) is 6.03 Å². The summed E-state index contributed by atoms with van der Waals surface area (Å²) in [6, 6.07) is 20.5. The van der Waals surface area contributed by atoms with Crippen molar-refractivity contribution in [2.24, 2.45) is 5.92 Å². The van der Waals surface area contributed by atoms with Gasteiger partial charge in [-0.05, 0) is 64.0 Å². The van der Waals surface area contributed by atoms with Gasteiger partial charge in [0, 0.05) is 13.1 Å². The molecule has 1 aliphatic rings. The summed E-state index contributed by atoms with van der Waals surface area (Å²) in [5, 5.41) is 13.2. The molecule has 5 rings (SSSR count). The fraction of sp³-hybridized carbons (Fsp3) is 0.261. The SMILES string of the molecule is O=C(Nc1cccc2nonc12)N1CCC(Cc2ccc3ccccc3c2)CC1. The molecule has 1 aliphatic heterocycles. The summed E-state index contributed by atoms with van der Waals surface area (Å²) in [6.45, 7) is 1.52. The number of hydrogen-bond acceptors (Lipinski definition) is 4. The molecule has 1 aromatic heterocycles. The number of benzene rings is 3. The van der Waals surface area contributed by atoms with Crippen LogP contribution in [-0.4, -0.2) is 34.3 Å². The third kappa shape index (κ3) is 3.66. The number of rotatable bonds is 3. The smallest absolute Gasteiger partial charge is 0.321 e. The van der Waals surface area contributed by atoms with E-state index in [0.717, 1.165) is 32.4 Å². The Labute approximate surface area is 168 Å². The minimum Gasteiger partial charge on any atom is -0.325 e. The molecule has 6 nitrogen and oxygen atoms in total. The van der Waals surface area contributed by atoms with E-state index >= 15 is 0 Å². The normalized spacial score (nSPS) is 15.1. The van der Waals surface area contributed by atoms with E-state index in [0.29, 0.717) is 22.6 Å². The second-order valence-electron chi connectivity index (χ2n) is 7.68. The molecule has 29 heavy (non-hydrogen) atoms. The molecule has 4 aromatic rings. The van der Waals surface area contributed by atoms with Gasteiger partial charge in [-0.3, -0.25) is 0 Å². The first-order valence-electron chi connectivity index (χ1n) is 10.0. The fourth-order valence-electron chi connectivity index (χ4n) is 4.14. The number of amides is 2. The van der Waals surface area contributed by atoms with Crippen LogP contribution in [-0.2, 0) is 6.42 Å². The number of anilines is 1. The molecule has 0 saturated carbocycles. The predicted octanol–water partition coefficient (Wildman–Crippen LogP) is 4.86. The zero-order valence-electron chi connectivity index (χ0n) is 16.0. The van der Waals surface area contributed by atoms with E-state index < -0.39 is 0 Å². The number of carbonyl (C=O) groups excluding carboxylic acids is 1. The second kappa shape index (κ2) is 7.54. The van der Waals surface area contributed by atoms with E-state index in [1.54, 1.807) is 6.07 Å². The molecule has 0 atom stereocenters. The van der Waals surface area contributed by atoms with E-state index in [1.165, 1.54) is 16.3 Å². The van der Waals surface area contributed by atoms with Crippen molar-refractivity contribution < 1.29 is 9.42 Å². The largest absolute Gasteiger partial charge is 0.325 e. The summed E-state index contributed by atoms with van der Waals surface area (Å²) >= 11 is 0. The molecular formula is C23H22N4O2. The third-order valence-electron chi connectivity index (χ3n) is 5.77. The molecule has 2 amide bonds. The van der Waals surface area contributed by atoms with Crippen LogP contribution in [0.1, 0.15) is 18.4 Å². The van der Waals surface area contributed by atoms with E-state index in [9.17, 15) is 4.79 Å². The van der Waals surface area contributed by atoms with Crippen LogP contribution in [0.25, 0.3) is 21.8 Å². The summed E-state index contributed by atoms with van der Waals surface area (Å²) in [6.07, 6.45) is 3.08. The quantitative estimate of drug-likeness (QED) is 0.546. The molecule has 6 heteroatoms. The molecule has 1 N–H and O–H groups in total. The van der Waals surface area contributed by atoms with Gasteiger partial charge in [-0.2, -0.15) is 0 Å². The Morgan fingerprint density at radius 1 is 1.00 bits per heavy atom. The van der Waals surface area contributed by atoms with Gasteiger partial charge in [0.1, 0.15) is 5.52 Å². The number of carbonyl (C=O) groups is 1. The minimum atomic E-state index is -0.0929. The van der Waals surface area contributed by atoms with Crippen LogP contribution in [0.4, 0.5) is 10.5 Å². The average molecular weight is 386 g/mol. The minimum absolute atomic E-state index is 0.0929. The fourth-order valence-corrected chi connectivity index (χ4v) is 4.14. The maximum atomic E-state index is 12.7. The van der Waals surface area contributed by atoms with Gasteiger partial charge in [0.05, 0.1) is 5.69 Å². The molecule has 3 aromatic carbocycles. The lowest BCUT2D eigenvalue weighted by Crippen LogP contribution is -2.41. The summed E-state index contributed by atoms with van der Waals surface area (Å²) in [4.78, 5) is 14.6. The van der Waals surface area contributed by atoms with Gasteiger partial charge in [0.15, 0.2) is 5.52 Å². The first-order chi connectivity index (χ1) is 14.3. The molecule has 0 radical (unpaired) electrons. The number of urea groups is 1. The van der Waals surface area contributed by atoms with E-state index in [1.807, 2.05) is 17.0 Å². The Kier molecular flexibility index (Phi) is 4.60. The molecule has 0 unspecified atom stereocenters. The summed E-state index contributed by atoms with van der Waals surface area (Å²) in [7, 11) is 0. The van der Waals surface area contributed by atoms with Crippen LogP contribution in [0.15, 0.2) is 65.3 Å². The summed E-state index contributed by atoms with van der Waals surface area (Å²) in [5.41, 5.74) is 3.22. The van der Waals surface area contributed by atoms with Crippen molar-refractivity contribution >= 4 is 33.5 Å². The third-order valence-corrected chi connectivity index (χ3v) is 5.77. The number of nitrogens with zero attached hydrogens (tertiary/aromatic N) is 3. The second-order valence-corrected chi connectivity index (χ2v) is 7.68. The van der Waals surface area contributed by atoms with E-state index in [4.69, 9.17) is 4.63 Å². The lowest BCUT2D eigenvalue weighted by Gasteiger charge is -2.32. The number of nitrogens with one attached hydrogen (secondary N) is 1. The standard InChI is InChI=1S/C23H22N4O2/c28-23(24-20-6-3-7-21-22(20)26-29-25-21)27-12-10-16(11-13-27)14-17-8-9-18-4-1-2-5-19(18)15-17/h1-9,15-16H,10-14H2,(H,24,28). The zero-order valence-corrected chi connectivity index (χ0v) is 16.0. The maximum absolute atomic E-state index is 12.7. The van der Waals surface area contributed by atoms with Gasteiger partial charge < -0.3 is 10.2 Å². The van der Waals surface area contributed by atoms with Crippen LogP contribution in [0, 0.1) is 5.92 Å². The van der Waals surface area contributed by atoms with Gasteiger partial charge >= 0.3 is 6.03 Å². The van der Waals surface area contributed by atoms with Crippen molar-refractivity contribution in [2.75, 3.05) is 18.4 Å². The van der Waals surface area contributed by atoms with Crippen LogP contribution in [0.2, 0.25) is 0 Å². The molecule has 0 spiro atoms. The first-order valence-corrected chi connectivity index (χ1v) is 10.0. The topological polar surface area (TPSA) is 71.3 Å². The maximum Gasteiger partial charge on any atom is 0.321 e. The Morgan fingerprint density at radius 3 is 2.69 bits per heavy atom. The number of aromatic nitrogens is 2. The van der Waals surface area contributed by atoms with Gasteiger partial charge in [0.2, 0.25) is 0 Å². The highest BCUT2D eigenvalue weighted by Crippen LogP contribution is 2.25. The van der Waals surface area contributed by atoms with Crippen molar-refractivity contribution in [1.29, 1.82) is 0 Å². The van der Waals surface area contributed by atoms with Crippen molar-refractivity contribution in [3.8, 4) is 0 Å². The number of piperidine rings is 1. The molecular weight excluding hydrogens is 364 g/mol. The predicted molar refractivity (Wildman–Crippen MR) is 113 cm³/mol. The van der Waals surface area contributed by atoms with Crippen LogP contribution in [0.5, 0.6) is 0 Å². The van der Waals surface area contributed by atoms with Gasteiger partial charge in [-0.25, -0.2) is 9.42 Å². The van der Waals surface area contributed by atoms with Gasteiger partial charge in [-0.15, -0.1) is 0 Å². The lowest BCUT2D eigenvalue weighted by atomic mass is 9.89. The average Bonchev–Trinajstić information content (AvgIpc) is 3.24. The number of fused-ring (bicyclic) bond motifs is 2. The number of likely N-dealkylation sites (tertiary alicyclic amines) is 1. The summed E-state index contributed by atoms with van der Waals surface area (Å²) < 4.78 is 4.77. The lowest BCUT2D eigenvalue weighted by molar-refractivity contribution is 0.182. The molecule has 146 valence electrons. The summed E-state index contributed by atoms with van der Waals surface area (Å²) in [5.74, 6) is 0.600. The highest BCUT2D eigenvalue weighted by atomic mass is 16.6. The first kappa shape index (κ1) is 17.7. The van der Waals surface area contributed by atoms with Crippen molar-refractivity contribution in [2.45, 2.75) is 19.3 Å². The monoisotopic (exact) mass is 386 g/mol. The molecule has 1 fully saturated rings. The number of hydrogen-bond donors (Lipinski definition) is 1. The van der Waals surface area contributed by atoms with Crippen LogP contribution in [0.3, 0.4) is 0 Å². The van der Waals surface area contributed by atoms with Crippen LogP contribution >= 0.6 is 0 Å². The molecule has 0 aliphatic carbocycles. The highest BCUT2D eigenvalue weighted by Gasteiger charge is 2.23. The van der Waals surface area contributed by atoms with Gasteiger partial charge in [-0.1, -0.05) is 48.5 Å². The van der Waals surface area contributed by atoms with Crippen LogP contribution < -0.4 is 5.32 Å². The Hall–Kier alpha value is -3.41. The van der Waals surface area contributed by atoms with Gasteiger partial charge in [0.25, 0.3) is 0 Å². The Morgan fingerprint density at radius 2 is 1.83 bits per heavy atom. The Balaban J connectivity index is 1.19. The van der Waals surface area contributed by atoms with Crippen molar-refractivity contribution in [3.05, 3.63) is 66.2 Å².